The lowest BCUT2D eigenvalue weighted by atomic mass is 10.0. The molecule has 0 saturated carbocycles. The lowest BCUT2D eigenvalue weighted by Crippen LogP contribution is -2.34. The highest BCUT2D eigenvalue weighted by atomic mass is 16.1. The zero-order chi connectivity index (χ0) is 11.5. The van der Waals surface area contributed by atoms with Gasteiger partial charge in [0, 0.05) is 18.5 Å². The summed E-state index contributed by atoms with van der Waals surface area (Å²) < 4.78 is 0. The first-order valence-electron chi connectivity index (χ1n) is 5.45. The molecule has 0 bridgehead atoms. The van der Waals surface area contributed by atoms with Gasteiger partial charge in [-0.15, -0.1) is 0 Å². The molecule has 2 aromatic rings. The van der Waals surface area contributed by atoms with Crippen molar-refractivity contribution in [3.63, 3.8) is 0 Å². The number of hydrogen-bond donors (Lipinski definition) is 2. The van der Waals surface area contributed by atoms with E-state index < -0.39 is 0 Å². The van der Waals surface area contributed by atoms with Gasteiger partial charge < -0.3 is 10.3 Å². The van der Waals surface area contributed by atoms with Crippen LogP contribution >= 0.6 is 0 Å². The van der Waals surface area contributed by atoms with Crippen LogP contribution in [0, 0.1) is 0 Å². The van der Waals surface area contributed by atoms with E-state index in [1.807, 2.05) is 31.4 Å². The van der Waals surface area contributed by atoms with E-state index in [-0.39, 0.29) is 13.3 Å². The van der Waals surface area contributed by atoms with Crippen LogP contribution in [0.5, 0.6) is 0 Å². The number of benzene rings is 1. The molecule has 0 spiro atoms. The summed E-state index contributed by atoms with van der Waals surface area (Å²) in [4.78, 5) is 14.6. The van der Waals surface area contributed by atoms with Crippen molar-refractivity contribution in [1.29, 1.82) is 0 Å². The Bertz CT molecular complexity index is 507. The molecule has 0 fully saturated rings. The SMILES string of the molecule is CN[C@H](Cc1c[nH]c2ccccc12)C(C)=O.[HH]. The summed E-state index contributed by atoms with van der Waals surface area (Å²) in [5.74, 6) is 0.174. The monoisotopic (exact) mass is 218 g/mol. The summed E-state index contributed by atoms with van der Waals surface area (Å²) in [5.41, 5.74) is 2.31. The van der Waals surface area contributed by atoms with E-state index in [2.05, 4.69) is 16.4 Å². The van der Waals surface area contributed by atoms with Gasteiger partial charge in [0.15, 0.2) is 0 Å². The van der Waals surface area contributed by atoms with E-state index in [1.165, 1.54) is 10.9 Å². The Morgan fingerprint density at radius 2 is 2.25 bits per heavy atom. The standard InChI is InChI=1S/C13H16N2O.H2/c1-9(16)13(14-2)7-10-8-15-12-6-4-3-5-11(10)12;/h3-6,8,13-15H,7H2,1-2H3;1H/t13-;/m1./s1. The van der Waals surface area contributed by atoms with Crippen LogP contribution in [-0.4, -0.2) is 23.9 Å². The molecule has 0 unspecified atom stereocenters. The number of aromatic amines is 1. The van der Waals surface area contributed by atoms with Crippen molar-refractivity contribution in [2.45, 2.75) is 19.4 Å². The first kappa shape index (κ1) is 10.9. The van der Waals surface area contributed by atoms with Crippen LogP contribution in [0.1, 0.15) is 13.9 Å². The molecule has 0 saturated heterocycles. The van der Waals surface area contributed by atoms with Crippen LogP contribution in [0.2, 0.25) is 0 Å². The molecule has 0 aliphatic carbocycles. The van der Waals surface area contributed by atoms with E-state index >= 15 is 0 Å². The van der Waals surface area contributed by atoms with E-state index in [1.54, 1.807) is 6.92 Å². The Balaban J connectivity index is 0.00000144. The van der Waals surface area contributed by atoms with Crippen molar-refractivity contribution < 1.29 is 6.22 Å². The van der Waals surface area contributed by atoms with Crippen LogP contribution in [0.4, 0.5) is 0 Å². The smallest absolute Gasteiger partial charge is 0.147 e. The number of carbonyl (C=O) groups excluding carboxylic acids is 1. The molecule has 0 aliphatic rings. The fraction of sp³-hybridized carbons (Fsp3) is 0.308. The van der Waals surface area contributed by atoms with Crippen molar-refractivity contribution in [2.75, 3.05) is 7.05 Å². The summed E-state index contributed by atoms with van der Waals surface area (Å²) in [6, 6.07) is 8.04. The maximum atomic E-state index is 11.4. The van der Waals surface area contributed by atoms with Crippen molar-refractivity contribution in [1.82, 2.24) is 10.3 Å². The molecule has 16 heavy (non-hydrogen) atoms. The number of aromatic nitrogens is 1. The molecule has 3 nitrogen and oxygen atoms in total. The Morgan fingerprint density at radius 3 is 2.94 bits per heavy atom. The molecule has 2 N–H and O–H groups in total. The average molecular weight is 218 g/mol. The molecule has 0 aliphatic heterocycles. The number of fused-ring (bicyclic) bond motifs is 1. The Morgan fingerprint density at radius 1 is 1.50 bits per heavy atom. The lowest BCUT2D eigenvalue weighted by molar-refractivity contribution is -0.118. The number of Topliss-reactive ketones (excluding diaryl/α,β-unsaturated/α-hetero) is 1. The number of rotatable bonds is 4. The first-order valence-corrected chi connectivity index (χ1v) is 5.45. The van der Waals surface area contributed by atoms with Crippen LogP contribution in [0.25, 0.3) is 10.9 Å². The van der Waals surface area contributed by atoms with Crippen molar-refractivity contribution in [3.05, 3.63) is 36.0 Å². The van der Waals surface area contributed by atoms with Crippen LogP contribution in [0.3, 0.4) is 0 Å². The number of nitrogens with one attached hydrogen (secondary N) is 2. The molecule has 3 heteroatoms. The third kappa shape index (κ3) is 1.99. The Labute approximate surface area is 96.3 Å². The molecule has 1 heterocycles. The highest BCUT2D eigenvalue weighted by Gasteiger charge is 2.14. The summed E-state index contributed by atoms with van der Waals surface area (Å²) in [6.45, 7) is 1.62. The summed E-state index contributed by atoms with van der Waals surface area (Å²) in [7, 11) is 1.82. The van der Waals surface area contributed by atoms with Crippen LogP contribution < -0.4 is 5.32 Å². The van der Waals surface area contributed by atoms with E-state index in [9.17, 15) is 4.79 Å². The first-order chi connectivity index (χ1) is 7.72. The van der Waals surface area contributed by atoms with Gasteiger partial charge in [-0.2, -0.15) is 0 Å². The maximum Gasteiger partial charge on any atom is 0.147 e. The minimum atomic E-state index is -0.0980. The number of carbonyl (C=O) groups is 1. The quantitative estimate of drug-likeness (QED) is 0.825. The molecule has 0 radical (unpaired) electrons. The third-order valence-corrected chi connectivity index (χ3v) is 2.94. The molecule has 1 aromatic carbocycles. The van der Waals surface area contributed by atoms with Gasteiger partial charge in [-0.25, -0.2) is 0 Å². The molecule has 1 aromatic heterocycles. The molecular formula is C13H18N2O. The third-order valence-electron chi connectivity index (χ3n) is 2.94. The number of ketones is 1. The van der Waals surface area contributed by atoms with Gasteiger partial charge in [0.25, 0.3) is 0 Å². The fourth-order valence-corrected chi connectivity index (χ4v) is 1.97. The zero-order valence-corrected chi connectivity index (χ0v) is 9.58. The lowest BCUT2D eigenvalue weighted by Gasteiger charge is -2.11. The molecule has 0 amide bonds. The van der Waals surface area contributed by atoms with Gasteiger partial charge in [-0.3, -0.25) is 4.79 Å². The second-order valence-electron chi connectivity index (χ2n) is 4.02. The zero-order valence-electron chi connectivity index (χ0n) is 9.58. The maximum absolute atomic E-state index is 11.4. The predicted octanol–water partition coefficient (Wildman–Crippen LogP) is 2.13. The number of para-hydroxylation sites is 1. The summed E-state index contributed by atoms with van der Waals surface area (Å²) in [6.07, 6.45) is 2.72. The fourth-order valence-electron chi connectivity index (χ4n) is 1.97. The van der Waals surface area contributed by atoms with E-state index in [0.29, 0.717) is 0 Å². The number of likely N-dealkylation sites (N-methyl/N-ethyl adjacent to an activating group) is 1. The topological polar surface area (TPSA) is 44.9 Å². The average Bonchev–Trinajstić information content (AvgIpc) is 2.69. The van der Waals surface area contributed by atoms with E-state index in [0.717, 1.165) is 11.9 Å². The van der Waals surface area contributed by atoms with Gasteiger partial charge in [-0.05, 0) is 32.0 Å². The summed E-state index contributed by atoms with van der Waals surface area (Å²) in [5, 5.41) is 4.24. The summed E-state index contributed by atoms with van der Waals surface area (Å²) >= 11 is 0. The predicted molar refractivity (Wildman–Crippen MR) is 67.6 cm³/mol. The highest BCUT2D eigenvalue weighted by Crippen LogP contribution is 2.19. The van der Waals surface area contributed by atoms with Gasteiger partial charge in [-0.1, -0.05) is 18.2 Å². The van der Waals surface area contributed by atoms with Crippen LogP contribution in [0.15, 0.2) is 30.5 Å². The van der Waals surface area contributed by atoms with Gasteiger partial charge in [0.2, 0.25) is 0 Å². The highest BCUT2D eigenvalue weighted by molar-refractivity contribution is 5.86. The molecule has 1 atom stereocenters. The van der Waals surface area contributed by atoms with Crippen molar-refractivity contribution in [3.8, 4) is 0 Å². The molecule has 2 rings (SSSR count). The number of H-pyrrole nitrogens is 1. The van der Waals surface area contributed by atoms with Gasteiger partial charge in [0.1, 0.15) is 5.78 Å². The van der Waals surface area contributed by atoms with Crippen molar-refractivity contribution in [2.24, 2.45) is 0 Å². The largest absolute Gasteiger partial charge is 0.361 e. The van der Waals surface area contributed by atoms with Gasteiger partial charge >= 0.3 is 0 Å². The van der Waals surface area contributed by atoms with Gasteiger partial charge in [0.05, 0.1) is 6.04 Å². The second-order valence-corrected chi connectivity index (χ2v) is 4.02. The number of hydrogen-bond acceptors (Lipinski definition) is 2. The Hall–Kier alpha value is -1.61. The minimum absolute atomic E-state index is 0. The normalized spacial score (nSPS) is 12.9. The Kier molecular flexibility index (Phi) is 3.06. The molecule has 86 valence electrons. The second kappa shape index (κ2) is 4.49. The molecular weight excluding hydrogens is 200 g/mol. The van der Waals surface area contributed by atoms with Crippen LogP contribution in [-0.2, 0) is 11.2 Å². The van der Waals surface area contributed by atoms with Crippen molar-refractivity contribution >= 4 is 16.7 Å². The minimum Gasteiger partial charge on any atom is -0.361 e. The van der Waals surface area contributed by atoms with E-state index in [4.69, 9.17) is 0 Å².